The van der Waals surface area contributed by atoms with Gasteiger partial charge in [0.15, 0.2) is 0 Å². The second kappa shape index (κ2) is 4.63. The fourth-order valence-corrected chi connectivity index (χ4v) is 4.68. The van der Waals surface area contributed by atoms with Crippen LogP contribution in [0, 0.1) is 11.8 Å². The van der Waals surface area contributed by atoms with E-state index in [1.54, 1.807) is 7.11 Å². The van der Waals surface area contributed by atoms with Crippen LogP contribution < -0.4 is 4.74 Å². The molecule has 6 rings (SSSR count). The largest absolute Gasteiger partial charge is 0.497 e. The van der Waals surface area contributed by atoms with E-state index in [-0.39, 0.29) is 0 Å². The average molecular weight is 295 g/mol. The summed E-state index contributed by atoms with van der Waals surface area (Å²) < 4.78 is 11.0. The molecule has 3 nitrogen and oxygen atoms in total. The molecule has 1 saturated carbocycles. The Morgan fingerprint density at radius 1 is 1.18 bits per heavy atom. The predicted octanol–water partition coefficient (Wildman–Crippen LogP) is 3.63. The third-order valence-corrected chi connectivity index (χ3v) is 5.84. The van der Waals surface area contributed by atoms with Crippen LogP contribution in [0.5, 0.6) is 5.75 Å². The highest BCUT2D eigenvalue weighted by molar-refractivity contribution is 5.82. The van der Waals surface area contributed by atoms with Gasteiger partial charge in [-0.3, -0.25) is 4.90 Å². The molecule has 1 saturated heterocycles. The summed E-state index contributed by atoms with van der Waals surface area (Å²) in [4.78, 5) is 2.71. The van der Waals surface area contributed by atoms with Gasteiger partial charge in [0.05, 0.1) is 13.4 Å². The number of nitrogens with zero attached hydrogens (tertiary/aromatic N) is 1. The van der Waals surface area contributed by atoms with E-state index in [1.165, 1.54) is 23.8 Å². The molecule has 1 aromatic carbocycles. The molecule has 2 fully saturated rings. The van der Waals surface area contributed by atoms with Crippen molar-refractivity contribution in [3.05, 3.63) is 42.2 Å². The normalized spacial score (nSPS) is 34.9. The highest BCUT2D eigenvalue weighted by Crippen LogP contribution is 2.51. The molecule has 4 unspecified atom stereocenters. The summed E-state index contributed by atoms with van der Waals surface area (Å²) in [6, 6.07) is 7.71. The van der Waals surface area contributed by atoms with E-state index in [0.29, 0.717) is 0 Å². The van der Waals surface area contributed by atoms with Crippen molar-refractivity contribution in [2.75, 3.05) is 13.7 Å². The molecule has 3 heteroatoms. The lowest BCUT2D eigenvalue weighted by atomic mass is 9.76. The van der Waals surface area contributed by atoms with Crippen molar-refractivity contribution in [3.63, 3.8) is 0 Å². The Labute approximate surface area is 130 Å². The molecule has 3 aliphatic carbocycles. The van der Waals surface area contributed by atoms with Crippen molar-refractivity contribution in [2.24, 2.45) is 11.8 Å². The molecule has 1 aromatic heterocycles. The van der Waals surface area contributed by atoms with Gasteiger partial charge in [-0.15, -0.1) is 0 Å². The van der Waals surface area contributed by atoms with Gasteiger partial charge in [0.1, 0.15) is 11.3 Å². The SMILES string of the molecule is COc1ccc2occ(CCN3C4C5C=CC(CC5)C43)c2c1. The van der Waals surface area contributed by atoms with Crippen LogP contribution in [-0.4, -0.2) is 30.6 Å². The lowest BCUT2D eigenvalue weighted by Crippen LogP contribution is -2.25. The molecule has 22 heavy (non-hydrogen) atoms. The van der Waals surface area contributed by atoms with Crippen LogP contribution in [0.15, 0.2) is 41.0 Å². The third-order valence-electron chi connectivity index (χ3n) is 5.84. The topological polar surface area (TPSA) is 25.4 Å². The van der Waals surface area contributed by atoms with E-state index in [0.717, 1.165) is 48.2 Å². The zero-order chi connectivity index (χ0) is 14.7. The van der Waals surface area contributed by atoms with Crippen LogP contribution in [-0.2, 0) is 6.42 Å². The molecule has 2 bridgehead atoms. The smallest absolute Gasteiger partial charge is 0.134 e. The summed E-state index contributed by atoms with van der Waals surface area (Å²) in [6.45, 7) is 1.15. The first-order valence-corrected chi connectivity index (χ1v) is 8.33. The second-order valence-electron chi connectivity index (χ2n) is 6.88. The molecule has 0 N–H and O–H groups in total. The fraction of sp³-hybridized carbons (Fsp3) is 0.474. The average Bonchev–Trinajstić information content (AvgIpc) is 3.21. The Kier molecular flexibility index (Phi) is 2.68. The number of methoxy groups -OCH3 is 1. The molecular formula is C19H21NO2. The van der Waals surface area contributed by atoms with E-state index in [2.05, 4.69) is 23.1 Å². The van der Waals surface area contributed by atoms with E-state index in [1.807, 2.05) is 18.4 Å². The monoisotopic (exact) mass is 295 g/mol. The Morgan fingerprint density at radius 3 is 2.64 bits per heavy atom. The van der Waals surface area contributed by atoms with Gasteiger partial charge >= 0.3 is 0 Å². The Balaban J connectivity index is 1.33. The van der Waals surface area contributed by atoms with Crippen LogP contribution in [0.3, 0.4) is 0 Å². The number of furan rings is 1. The molecule has 0 radical (unpaired) electrons. The zero-order valence-corrected chi connectivity index (χ0v) is 12.9. The highest BCUT2D eigenvalue weighted by atomic mass is 16.5. The lowest BCUT2D eigenvalue weighted by molar-refractivity contribution is 0.385. The number of benzene rings is 1. The molecule has 2 aromatic rings. The molecule has 4 aliphatic rings. The molecule has 2 heterocycles. The molecule has 0 amide bonds. The summed E-state index contributed by atoms with van der Waals surface area (Å²) in [6.07, 6.45) is 10.7. The van der Waals surface area contributed by atoms with E-state index < -0.39 is 0 Å². The van der Waals surface area contributed by atoms with Crippen molar-refractivity contribution in [1.29, 1.82) is 0 Å². The van der Waals surface area contributed by atoms with Crippen LogP contribution in [0.1, 0.15) is 18.4 Å². The van der Waals surface area contributed by atoms with Gasteiger partial charge in [0.2, 0.25) is 0 Å². The maximum Gasteiger partial charge on any atom is 0.134 e. The molecule has 0 spiro atoms. The molecular weight excluding hydrogens is 274 g/mol. The predicted molar refractivity (Wildman–Crippen MR) is 86.1 cm³/mol. The Morgan fingerprint density at radius 2 is 1.95 bits per heavy atom. The number of likely N-dealkylation sites (tertiary alicyclic amines) is 1. The lowest BCUT2D eigenvalue weighted by Gasteiger charge is -2.27. The first kappa shape index (κ1) is 12.8. The Hall–Kier alpha value is -1.74. The number of ether oxygens (including phenoxy) is 1. The number of fused-ring (bicyclic) bond motifs is 2. The zero-order valence-electron chi connectivity index (χ0n) is 12.9. The van der Waals surface area contributed by atoms with Gasteiger partial charge in [-0.05, 0) is 54.9 Å². The van der Waals surface area contributed by atoms with Gasteiger partial charge < -0.3 is 9.15 Å². The van der Waals surface area contributed by atoms with Gasteiger partial charge in [-0.2, -0.15) is 0 Å². The van der Waals surface area contributed by atoms with Crippen LogP contribution in [0.25, 0.3) is 11.0 Å². The molecule has 4 atom stereocenters. The Bertz CT molecular complexity index is 727. The third kappa shape index (κ3) is 1.78. The van der Waals surface area contributed by atoms with Crippen molar-refractivity contribution in [1.82, 2.24) is 4.90 Å². The van der Waals surface area contributed by atoms with Crippen LogP contribution in [0.4, 0.5) is 0 Å². The fourth-order valence-electron chi connectivity index (χ4n) is 4.68. The first-order valence-electron chi connectivity index (χ1n) is 8.33. The van der Waals surface area contributed by atoms with Crippen LogP contribution >= 0.6 is 0 Å². The molecule has 1 aliphatic heterocycles. The van der Waals surface area contributed by atoms with Crippen molar-refractivity contribution in [3.8, 4) is 5.75 Å². The summed E-state index contributed by atoms with van der Waals surface area (Å²) in [7, 11) is 1.71. The van der Waals surface area contributed by atoms with Crippen molar-refractivity contribution >= 4 is 11.0 Å². The van der Waals surface area contributed by atoms with Crippen molar-refractivity contribution < 1.29 is 9.15 Å². The van der Waals surface area contributed by atoms with Crippen molar-refractivity contribution in [2.45, 2.75) is 31.3 Å². The summed E-state index contributed by atoms with van der Waals surface area (Å²) in [5, 5.41) is 1.20. The van der Waals surface area contributed by atoms with E-state index in [4.69, 9.17) is 9.15 Å². The minimum Gasteiger partial charge on any atom is -0.497 e. The second-order valence-corrected chi connectivity index (χ2v) is 6.88. The standard InChI is InChI=1S/C19H21NO2/c1-21-15-6-7-17-16(10-15)14(11-22-17)8-9-20-18-12-2-3-13(5-4-12)19(18)20/h2-3,6-7,10-13,18-19H,4-5,8-9H2,1H3. The maximum absolute atomic E-state index is 5.69. The first-order chi connectivity index (χ1) is 10.8. The maximum atomic E-state index is 5.69. The van der Waals surface area contributed by atoms with E-state index >= 15 is 0 Å². The minimum atomic E-state index is 0.816. The van der Waals surface area contributed by atoms with Gasteiger partial charge in [0, 0.05) is 24.0 Å². The van der Waals surface area contributed by atoms with E-state index in [9.17, 15) is 0 Å². The summed E-state index contributed by atoms with van der Waals surface area (Å²) in [5.41, 5.74) is 2.26. The number of hydrogen-bond acceptors (Lipinski definition) is 3. The van der Waals surface area contributed by atoms with Gasteiger partial charge in [-0.25, -0.2) is 0 Å². The quantitative estimate of drug-likeness (QED) is 0.636. The summed E-state index contributed by atoms with van der Waals surface area (Å²) >= 11 is 0. The molecule has 114 valence electrons. The number of rotatable bonds is 4. The number of hydrogen-bond donors (Lipinski definition) is 0. The summed E-state index contributed by atoms with van der Waals surface area (Å²) in [5.74, 6) is 2.53. The van der Waals surface area contributed by atoms with Gasteiger partial charge in [-0.1, -0.05) is 12.2 Å². The highest BCUT2D eigenvalue weighted by Gasteiger charge is 2.57. The van der Waals surface area contributed by atoms with Crippen LogP contribution in [0.2, 0.25) is 0 Å². The van der Waals surface area contributed by atoms with Gasteiger partial charge in [0.25, 0.3) is 0 Å². The minimum absolute atomic E-state index is 0.816.